The first-order chi connectivity index (χ1) is 5.74. The quantitative estimate of drug-likeness (QED) is 0.702. The van der Waals surface area contributed by atoms with Gasteiger partial charge in [-0.2, -0.15) is 0 Å². The standard InChI is InChI=1S/C10H13ClO/c1-8(7-12-2)9-4-3-5-10(11)6-9/h3-6,8H,7H2,1-2H3/t8-/m0/s1. The summed E-state index contributed by atoms with van der Waals surface area (Å²) < 4.78 is 5.05. The van der Waals surface area contributed by atoms with Gasteiger partial charge in [-0.3, -0.25) is 0 Å². The Kier molecular flexibility index (Phi) is 3.57. The van der Waals surface area contributed by atoms with Crippen molar-refractivity contribution in [2.24, 2.45) is 0 Å². The smallest absolute Gasteiger partial charge is 0.0528 e. The minimum atomic E-state index is 0.411. The minimum Gasteiger partial charge on any atom is -0.384 e. The molecule has 0 N–H and O–H groups in total. The molecule has 1 aromatic rings. The number of hydrogen-bond donors (Lipinski definition) is 0. The summed E-state index contributed by atoms with van der Waals surface area (Å²) in [5, 5.41) is 0.787. The predicted molar refractivity (Wildman–Crippen MR) is 51.7 cm³/mol. The van der Waals surface area contributed by atoms with Crippen LogP contribution < -0.4 is 0 Å². The molecule has 2 heteroatoms. The molecule has 1 aromatic carbocycles. The first-order valence-corrected chi connectivity index (χ1v) is 4.36. The molecule has 0 radical (unpaired) electrons. The molecule has 0 spiro atoms. The molecule has 0 aliphatic heterocycles. The molecule has 0 saturated carbocycles. The molecule has 66 valence electrons. The monoisotopic (exact) mass is 184 g/mol. The van der Waals surface area contributed by atoms with Crippen LogP contribution in [0.3, 0.4) is 0 Å². The van der Waals surface area contributed by atoms with E-state index in [1.807, 2.05) is 18.2 Å². The Morgan fingerprint density at radius 1 is 1.50 bits per heavy atom. The summed E-state index contributed by atoms with van der Waals surface area (Å²) >= 11 is 5.85. The second kappa shape index (κ2) is 4.48. The fourth-order valence-corrected chi connectivity index (χ4v) is 1.36. The lowest BCUT2D eigenvalue weighted by molar-refractivity contribution is 0.184. The molecule has 0 fully saturated rings. The number of rotatable bonds is 3. The fourth-order valence-electron chi connectivity index (χ4n) is 1.16. The van der Waals surface area contributed by atoms with Gasteiger partial charge in [0.15, 0.2) is 0 Å². The molecule has 12 heavy (non-hydrogen) atoms. The Morgan fingerprint density at radius 3 is 2.83 bits per heavy atom. The Hall–Kier alpha value is -0.530. The second-order valence-corrected chi connectivity index (χ2v) is 3.35. The molecule has 0 bridgehead atoms. The van der Waals surface area contributed by atoms with E-state index in [9.17, 15) is 0 Å². The highest BCUT2D eigenvalue weighted by Gasteiger charge is 2.04. The van der Waals surface area contributed by atoms with Crippen molar-refractivity contribution in [1.82, 2.24) is 0 Å². The third kappa shape index (κ3) is 2.50. The molecule has 0 amide bonds. The topological polar surface area (TPSA) is 9.23 Å². The summed E-state index contributed by atoms with van der Waals surface area (Å²) in [5.74, 6) is 0.411. The van der Waals surface area contributed by atoms with Gasteiger partial charge in [-0.05, 0) is 17.7 Å². The van der Waals surface area contributed by atoms with Crippen molar-refractivity contribution < 1.29 is 4.74 Å². The van der Waals surface area contributed by atoms with E-state index in [2.05, 4.69) is 13.0 Å². The maximum absolute atomic E-state index is 5.85. The van der Waals surface area contributed by atoms with E-state index >= 15 is 0 Å². The fraction of sp³-hybridized carbons (Fsp3) is 0.400. The first kappa shape index (κ1) is 9.56. The number of ether oxygens (including phenoxy) is 1. The van der Waals surface area contributed by atoms with Gasteiger partial charge in [0, 0.05) is 18.1 Å². The molecular weight excluding hydrogens is 172 g/mol. The van der Waals surface area contributed by atoms with Crippen LogP contribution in [0, 0.1) is 0 Å². The van der Waals surface area contributed by atoms with Crippen LogP contribution in [0.5, 0.6) is 0 Å². The highest BCUT2D eigenvalue weighted by atomic mass is 35.5. The molecule has 0 saturated heterocycles. The first-order valence-electron chi connectivity index (χ1n) is 3.98. The molecular formula is C10H13ClO. The summed E-state index contributed by atoms with van der Waals surface area (Å²) in [5.41, 5.74) is 1.23. The van der Waals surface area contributed by atoms with Crippen LogP contribution >= 0.6 is 11.6 Å². The van der Waals surface area contributed by atoms with Crippen molar-refractivity contribution in [2.75, 3.05) is 13.7 Å². The highest BCUT2D eigenvalue weighted by Crippen LogP contribution is 2.18. The molecule has 0 heterocycles. The zero-order chi connectivity index (χ0) is 8.97. The van der Waals surface area contributed by atoms with Gasteiger partial charge in [0.2, 0.25) is 0 Å². The highest BCUT2D eigenvalue weighted by molar-refractivity contribution is 6.30. The normalized spacial score (nSPS) is 12.9. The Bertz CT molecular complexity index is 247. The molecule has 1 rings (SSSR count). The van der Waals surface area contributed by atoms with Crippen LogP contribution in [0.1, 0.15) is 18.4 Å². The van der Waals surface area contributed by atoms with E-state index in [4.69, 9.17) is 16.3 Å². The van der Waals surface area contributed by atoms with Gasteiger partial charge in [-0.15, -0.1) is 0 Å². The van der Waals surface area contributed by atoms with Crippen LogP contribution in [0.25, 0.3) is 0 Å². The molecule has 1 atom stereocenters. The lowest BCUT2D eigenvalue weighted by atomic mass is 10.0. The van der Waals surface area contributed by atoms with E-state index in [1.54, 1.807) is 7.11 Å². The van der Waals surface area contributed by atoms with Gasteiger partial charge >= 0.3 is 0 Å². The average Bonchev–Trinajstić information content (AvgIpc) is 2.05. The summed E-state index contributed by atoms with van der Waals surface area (Å²) in [4.78, 5) is 0. The lowest BCUT2D eigenvalue weighted by Gasteiger charge is -2.10. The van der Waals surface area contributed by atoms with Gasteiger partial charge in [0.05, 0.1) is 6.61 Å². The van der Waals surface area contributed by atoms with Crippen LogP contribution in [-0.4, -0.2) is 13.7 Å². The van der Waals surface area contributed by atoms with Crippen molar-refractivity contribution in [1.29, 1.82) is 0 Å². The molecule has 0 aliphatic carbocycles. The van der Waals surface area contributed by atoms with E-state index in [1.165, 1.54) is 5.56 Å². The Morgan fingerprint density at radius 2 is 2.25 bits per heavy atom. The number of benzene rings is 1. The zero-order valence-corrected chi connectivity index (χ0v) is 8.14. The molecule has 0 aliphatic rings. The van der Waals surface area contributed by atoms with Crippen molar-refractivity contribution >= 4 is 11.6 Å². The lowest BCUT2D eigenvalue weighted by Crippen LogP contribution is -2.01. The van der Waals surface area contributed by atoms with E-state index in [0.29, 0.717) is 5.92 Å². The summed E-state index contributed by atoms with van der Waals surface area (Å²) in [6.45, 7) is 2.86. The number of methoxy groups -OCH3 is 1. The van der Waals surface area contributed by atoms with Crippen LogP contribution in [0.15, 0.2) is 24.3 Å². The van der Waals surface area contributed by atoms with Gasteiger partial charge < -0.3 is 4.74 Å². The van der Waals surface area contributed by atoms with Crippen molar-refractivity contribution in [3.05, 3.63) is 34.9 Å². The van der Waals surface area contributed by atoms with Crippen molar-refractivity contribution in [3.63, 3.8) is 0 Å². The van der Waals surface area contributed by atoms with Crippen molar-refractivity contribution in [2.45, 2.75) is 12.8 Å². The third-order valence-corrected chi connectivity index (χ3v) is 2.07. The number of halogens is 1. The van der Waals surface area contributed by atoms with Gasteiger partial charge in [0.25, 0.3) is 0 Å². The molecule has 1 nitrogen and oxygen atoms in total. The SMILES string of the molecule is COC[C@H](C)c1cccc(Cl)c1. The second-order valence-electron chi connectivity index (χ2n) is 2.91. The Labute approximate surface area is 78.3 Å². The summed E-state index contributed by atoms with van der Waals surface area (Å²) in [7, 11) is 1.71. The third-order valence-electron chi connectivity index (χ3n) is 1.83. The maximum Gasteiger partial charge on any atom is 0.0528 e. The van der Waals surface area contributed by atoms with E-state index in [0.717, 1.165) is 11.6 Å². The maximum atomic E-state index is 5.85. The zero-order valence-electron chi connectivity index (χ0n) is 7.38. The predicted octanol–water partition coefficient (Wildman–Crippen LogP) is 3.09. The summed E-state index contributed by atoms with van der Waals surface area (Å²) in [6, 6.07) is 7.88. The number of hydrogen-bond acceptors (Lipinski definition) is 1. The molecule has 0 unspecified atom stereocenters. The largest absolute Gasteiger partial charge is 0.384 e. The van der Waals surface area contributed by atoms with Crippen LogP contribution in [0.4, 0.5) is 0 Å². The van der Waals surface area contributed by atoms with E-state index in [-0.39, 0.29) is 0 Å². The Balaban J connectivity index is 2.73. The molecule has 0 aromatic heterocycles. The van der Waals surface area contributed by atoms with Gasteiger partial charge in [0.1, 0.15) is 0 Å². The average molecular weight is 185 g/mol. The van der Waals surface area contributed by atoms with Crippen LogP contribution in [-0.2, 0) is 4.74 Å². The van der Waals surface area contributed by atoms with Gasteiger partial charge in [-0.1, -0.05) is 30.7 Å². The van der Waals surface area contributed by atoms with Gasteiger partial charge in [-0.25, -0.2) is 0 Å². The van der Waals surface area contributed by atoms with E-state index < -0.39 is 0 Å². The summed E-state index contributed by atoms with van der Waals surface area (Å²) in [6.07, 6.45) is 0. The van der Waals surface area contributed by atoms with Crippen molar-refractivity contribution in [3.8, 4) is 0 Å². The van der Waals surface area contributed by atoms with Crippen LogP contribution in [0.2, 0.25) is 5.02 Å². The minimum absolute atomic E-state index is 0.411.